The highest BCUT2D eigenvalue weighted by molar-refractivity contribution is 8.13. The number of methoxy groups -OCH3 is 1. The summed E-state index contributed by atoms with van der Waals surface area (Å²) < 4.78 is 27.9. The summed E-state index contributed by atoms with van der Waals surface area (Å²) in [6, 6.07) is 4.11. The van der Waals surface area contributed by atoms with E-state index in [1.165, 1.54) is 25.3 Å². The molecule has 0 aliphatic heterocycles. The van der Waals surface area contributed by atoms with E-state index in [9.17, 15) is 13.2 Å². The fourth-order valence-corrected chi connectivity index (χ4v) is 3.39. The van der Waals surface area contributed by atoms with E-state index in [1.54, 1.807) is 0 Å². The van der Waals surface area contributed by atoms with Crippen LogP contribution in [-0.2, 0) is 9.05 Å². The highest BCUT2D eigenvalue weighted by Crippen LogP contribution is 2.27. The molecule has 0 bridgehead atoms. The van der Waals surface area contributed by atoms with Gasteiger partial charge in [-0.1, -0.05) is 6.92 Å². The number of nitrogens with one attached hydrogen (secondary N) is 1. The second-order valence-electron chi connectivity index (χ2n) is 5.39. The zero-order valence-corrected chi connectivity index (χ0v) is 13.5. The number of halogens is 1. The lowest BCUT2D eigenvalue weighted by Crippen LogP contribution is -2.33. The molecule has 0 aromatic heterocycles. The van der Waals surface area contributed by atoms with Crippen LogP contribution in [0, 0.1) is 5.92 Å². The summed E-state index contributed by atoms with van der Waals surface area (Å²) in [5.74, 6) is 0.572. The Morgan fingerprint density at radius 2 is 2.10 bits per heavy atom. The van der Waals surface area contributed by atoms with Crippen LogP contribution in [0.3, 0.4) is 0 Å². The third kappa shape index (κ3) is 3.89. The fraction of sp³-hybridized carbons (Fsp3) is 0.500. The van der Waals surface area contributed by atoms with Crippen molar-refractivity contribution in [1.29, 1.82) is 0 Å². The van der Waals surface area contributed by atoms with Crippen LogP contribution in [0.2, 0.25) is 0 Å². The van der Waals surface area contributed by atoms with Gasteiger partial charge in [0.15, 0.2) is 0 Å². The molecule has 0 radical (unpaired) electrons. The molecule has 2 rings (SSSR count). The molecule has 21 heavy (non-hydrogen) atoms. The summed E-state index contributed by atoms with van der Waals surface area (Å²) in [6.07, 6.45) is 2.95. The highest BCUT2D eigenvalue weighted by atomic mass is 35.7. The van der Waals surface area contributed by atoms with Crippen molar-refractivity contribution in [2.24, 2.45) is 5.92 Å². The molecule has 1 aliphatic carbocycles. The van der Waals surface area contributed by atoms with Gasteiger partial charge in [0.2, 0.25) is 0 Å². The average Bonchev–Trinajstić information content (AvgIpc) is 2.82. The Kier molecular flexibility index (Phi) is 4.78. The van der Waals surface area contributed by atoms with Crippen molar-refractivity contribution in [3.05, 3.63) is 23.8 Å². The first-order valence-electron chi connectivity index (χ1n) is 6.75. The molecule has 116 valence electrons. The normalized spacial score (nSPS) is 22.0. The van der Waals surface area contributed by atoms with E-state index in [0.29, 0.717) is 11.7 Å². The van der Waals surface area contributed by atoms with E-state index in [-0.39, 0.29) is 22.4 Å². The van der Waals surface area contributed by atoms with Crippen LogP contribution in [0.4, 0.5) is 0 Å². The SMILES string of the molecule is COc1ccc(S(=O)(=O)Cl)cc1C(=O)NC1CCC(C)C1. The molecule has 1 saturated carbocycles. The molecule has 2 atom stereocenters. The first kappa shape index (κ1) is 16.1. The number of carbonyl (C=O) groups excluding carboxylic acids is 1. The van der Waals surface area contributed by atoms with E-state index in [1.807, 2.05) is 0 Å². The van der Waals surface area contributed by atoms with Crippen LogP contribution < -0.4 is 10.1 Å². The summed E-state index contributed by atoms with van der Waals surface area (Å²) in [6.45, 7) is 2.15. The third-order valence-corrected chi connectivity index (χ3v) is 5.08. The lowest BCUT2D eigenvalue weighted by Gasteiger charge is -2.15. The summed E-state index contributed by atoms with van der Waals surface area (Å²) >= 11 is 0. The summed E-state index contributed by atoms with van der Waals surface area (Å²) in [5.41, 5.74) is 0.179. The predicted molar refractivity (Wildman–Crippen MR) is 80.3 cm³/mol. The Balaban J connectivity index is 2.26. The van der Waals surface area contributed by atoms with Gasteiger partial charge in [-0.15, -0.1) is 0 Å². The molecule has 1 aromatic carbocycles. The minimum absolute atomic E-state index is 0.116. The fourth-order valence-electron chi connectivity index (χ4n) is 2.62. The topological polar surface area (TPSA) is 72.5 Å². The lowest BCUT2D eigenvalue weighted by atomic mass is 10.1. The van der Waals surface area contributed by atoms with E-state index < -0.39 is 9.05 Å². The van der Waals surface area contributed by atoms with Gasteiger partial charge in [-0.25, -0.2) is 8.42 Å². The number of hydrogen-bond acceptors (Lipinski definition) is 4. The van der Waals surface area contributed by atoms with Crippen LogP contribution in [0.15, 0.2) is 23.1 Å². The Morgan fingerprint density at radius 1 is 1.38 bits per heavy atom. The van der Waals surface area contributed by atoms with E-state index >= 15 is 0 Å². The summed E-state index contributed by atoms with van der Waals surface area (Å²) in [7, 11) is 2.87. The number of benzene rings is 1. The largest absolute Gasteiger partial charge is 0.496 e. The molecule has 0 saturated heterocycles. The number of amides is 1. The predicted octanol–water partition coefficient (Wildman–Crippen LogP) is 2.54. The van der Waals surface area contributed by atoms with Gasteiger partial charge in [-0.2, -0.15) is 0 Å². The number of hydrogen-bond donors (Lipinski definition) is 1. The van der Waals surface area contributed by atoms with Crippen molar-refractivity contribution in [2.75, 3.05) is 7.11 Å². The van der Waals surface area contributed by atoms with Gasteiger partial charge >= 0.3 is 0 Å². The highest BCUT2D eigenvalue weighted by Gasteiger charge is 2.25. The maximum atomic E-state index is 12.3. The molecule has 0 spiro atoms. The van der Waals surface area contributed by atoms with Crippen LogP contribution in [0.25, 0.3) is 0 Å². The van der Waals surface area contributed by atoms with E-state index in [0.717, 1.165) is 19.3 Å². The molecular formula is C14H18ClNO4S. The van der Waals surface area contributed by atoms with Crippen molar-refractivity contribution in [3.8, 4) is 5.75 Å². The van der Waals surface area contributed by atoms with E-state index in [2.05, 4.69) is 12.2 Å². The van der Waals surface area contributed by atoms with Gasteiger partial charge in [-0.3, -0.25) is 4.79 Å². The minimum atomic E-state index is -3.88. The van der Waals surface area contributed by atoms with Gasteiger partial charge < -0.3 is 10.1 Å². The Labute approximate surface area is 129 Å². The smallest absolute Gasteiger partial charge is 0.261 e. The van der Waals surface area contributed by atoms with Gasteiger partial charge in [0.25, 0.3) is 15.0 Å². The Morgan fingerprint density at radius 3 is 2.62 bits per heavy atom. The zero-order valence-electron chi connectivity index (χ0n) is 11.9. The minimum Gasteiger partial charge on any atom is -0.496 e. The second kappa shape index (κ2) is 6.23. The molecular weight excluding hydrogens is 314 g/mol. The number of carbonyl (C=O) groups is 1. The van der Waals surface area contributed by atoms with Crippen molar-refractivity contribution < 1.29 is 17.9 Å². The van der Waals surface area contributed by atoms with Crippen LogP contribution in [-0.4, -0.2) is 27.5 Å². The monoisotopic (exact) mass is 331 g/mol. The first-order valence-corrected chi connectivity index (χ1v) is 9.05. The summed E-state index contributed by atoms with van der Waals surface area (Å²) in [4.78, 5) is 12.2. The molecule has 1 N–H and O–H groups in total. The van der Waals surface area contributed by atoms with Gasteiger partial charge in [0, 0.05) is 16.7 Å². The van der Waals surface area contributed by atoms with Gasteiger partial charge in [-0.05, 0) is 43.4 Å². The zero-order chi connectivity index (χ0) is 15.6. The molecule has 7 heteroatoms. The molecule has 1 fully saturated rings. The maximum absolute atomic E-state index is 12.3. The Hall–Kier alpha value is -1.27. The number of rotatable bonds is 4. The quantitative estimate of drug-likeness (QED) is 0.860. The van der Waals surface area contributed by atoms with Crippen LogP contribution in [0.5, 0.6) is 5.75 Å². The summed E-state index contributed by atoms with van der Waals surface area (Å²) in [5, 5.41) is 2.92. The van der Waals surface area contributed by atoms with Crippen molar-refractivity contribution in [1.82, 2.24) is 5.32 Å². The standard InChI is InChI=1S/C14H18ClNO4S/c1-9-3-4-10(7-9)16-14(17)12-8-11(21(15,18)19)5-6-13(12)20-2/h5-6,8-10H,3-4,7H2,1-2H3,(H,16,17). The molecule has 0 heterocycles. The molecule has 1 aliphatic rings. The van der Waals surface area contributed by atoms with Gasteiger partial charge in [0.1, 0.15) is 5.75 Å². The maximum Gasteiger partial charge on any atom is 0.261 e. The van der Waals surface area contributed by atoms with Crippen LogP contribution in [0.1, 0.15) is 36.5 Å². The lowest BCUT2D eigenvalue weighted by molar-refractivity contribution is 0.0934. The van der Waals surface area contributed by atoms with Crippen molar-refractivity contribution in [2.45, 2.75) is 37.1 Å². The first-order chi connectivity index (χ1) is 9.81. The number of ether oxygens (including phenoxy) is 1. The molecule has 1 aromatic rings. The molecule has 1 amide bonds. The molecule has 5 nitrogen and oxygen atoms in total. The average molecular weight is 332 g/mol. The third-order valence-electron chi connectivity index (χ3n) is 3.73. The van der Waals surface area contributed by atoms with Crippen LogP contribution >= 0.6 is 10.7 Å². The Bertz CT molecular complexity index is 644. The van der Waals surface area contributed by atoms with Gasteiger partial charge in [0.05, 0.1) is 17.6 Å². The second-order valence-corrected chi connectivity index (χ2v) is 7.95. The molecule has 2 unspecified atom stereocenters. The van der Waals surface area contributed by atoms with E-state index in [4.69, 9.17) is 15.4 Å². The van der Waals surface area contributed by atoms with Crippen molar-refractivity contribution >= 4 is 25.6 Å². The van der Waals surface area contributed by atoms with Crippen molar-refractivity contribution in [3.63, 3.8) is 0 Å².